The summed E-state index contributed by atoms with van der Waals surface area (Å²) in [5, 5.41) is 11.8. The van der Waals surface area contributed by atoms with Crippen molar-refractivity contribution in [2.75, 3.05) is 46.4 Å². The molecule has 4 nitrogen and oxygen atoms in total. The van der Waals surface area contributed by atoms with E-state index in [2.05, 4.69) is 10.2 Å². The van der Waals surface area contributed by atoms with Gasteiger partial charge >= 0.3 is 0 Å². The SMILES string of the molecule is CNCC1CN(CCCCCO)CCO1. The van der Waals surface area contributed by atoms with E-state index in [4.69, 9.17) is 9.84 Å². The lowest BCUT2D eigenvalue weighted by atomic mass is 10.2. The van der Waals surface area contributed by atoms with Crippen LogP contribution in [0.2, 0.25) is 0 Å². The minimum absolute atomic E-state index is 0.325. The number of likely N-dealkylation sites (N-methyl/N-ethyl adjacent to an activating group) is 1. The van der Waals surface area contributed by atoms with Gasteiger partial charge in [-0.3, -0.25) is 4.90 Å². The number of hydrogen-bond donors (Lipinski definition) is 2. The van der Waals surface area contributed by atoms with Gasteiger partial charge in [-0.2, -0.15) is 0 Å². The summed E-state index contributed by atoms with van der Waals surface area (Å²) in [4.78, 5) is 2.46. The summed E-state index contributed by atoms with van der Waals surface area (Å²) in [7, 11) is 1.96. The Labute approximate surface area is 92.6 Å². The van der Waals surface area contributed by atoms with E-state index in [0.29, 0.717) is 12.7 Å². The summed E-state index contributed by atoms with van der Waals surface area (Å²) < 4.78 is 5.63. The van der Waals surface area contributed by atoms with E-state index < -0.39 is 0 Å². The molecule has 0 aromatic rings. The second kappa shape index (κ2) is 8.05. The van der Waals surface area contributed by atoms with Crippen LogP contribution in [0.15, 0.2) is 0 Å². The molecule has 1 atom stereocenters. The second-order valence-corrected chi connectivity index (χ2v) is 4.14. The van der Waals surface area contributed by atoms with Crippen LogP contribution < -0.4 is 5.32 Å². The quantitative estimate of drug-likeness (QED) is 0.591. The van der Waals surface area contributed by atoms with Gasteiger partial charge in [0.1, 0.15) is 0 Å². The maximum atomic E-state index is 8.67. The third kappa shape index (κ3) is 5.47. The number of ether oxygens (including phenoxy) is 1. The number of hydrogen-bond acceptors (Lipinski definition) is 4. The van der Waals surface area contributed by atoms with Crippen LogP contribution >= 0.6 is 0 Å². The number of nitrogens with one attached hydrogen (secondary N) is 1. The number of aliphatic hydroxyl groups excluding tert-OH is 1. The lowest BCUT2D eigenvalue weighted by Gasteiger charge is -2.32. The van der Waals surface area contributed by atoms with E-state index in [-0.39, 0.29) is 0 Å². The molecular formula is C11H24N2O2. The van der Waals surface area contributed by atoms with Crippen LogP contribution in [0.4, 0.5) is 0 Å². The zero-order chi connectivity index (χ0) is 10.9. The molecule has 90 valence electrons. The normalized spacial score (nSPS) is 23.2. The monoisotopic (exact) mass is 216 g/mol. The second-order valence-electron chi connectivity index (χ2n) is 4.14. The Morgan fingerprint density at radius 1 is 1.40 bits per heavy atom. The summed E-state index contributed by atoms with van der Waals surface area (Å²) in [5.41, 5.74) is 0. The number of nitrogens with zero attached hydrogens (tertiary/aromatic N) is 1. The van der Waals surface area contributed by atoms with Gasteiger partial charge in [-0.1, -0.05) is 0 Å². The summed E-state index contributed by atoms with van der Waals surface area (Å²) in [6.45, 7) is 5.36. The molecule has 0 saturated carbocycles. The molecule has 0 aromatic heterocycles. The van der Waals surface area contributed by atoms with Crippen molar-refractivity contribution >= 4 is 0 Å². The van der Waals surface area contributed by atoms with Gasteiger partial charge in [0.25, 0.3) is 0 Å². The Morgan fingerprint density at radius 2 is 2.27 bits per heavy atom. The van der Waals surface area contributed by atoms with Crippen molar-refractivity contribution in [2.24, 2.45) is 0 Å². The van der Waals surface area contributed by atoms with E-state index in [0.717, 1.165) is 45.6 Å². The lowest BCUT2D eigenvalue weighted by Crippen LogP contribution is -2.46. The summed E-state index contributed by atoms with van der Waals surface area (Å²) >= 11 is 0. The van der Waals surface area contributed by atoms with Crippen molar-refractivity contribution in [1.29, 1.82) is 0 Å². The number of rotatable bonds is 7. The topological polar surface area (TPSA) is 44.7 Å². The van der Waals surface area contributed by atoms with E-state index in [1.165, 1.54) is 6.42 Å². The first-order valence-corrected chi connectivity index (χ1v) is 5.96. The van der Waals surface area contributed by atoms with Crippen molar-refractivity contribution in [3.05, 3.63) is 0 Å². The van der Waals surface area contributed by atoms with Gasteiger partial charge < -0.3 is 15.2 Å². The van der Waals surface area contributed by atoms with E-state index >= 15 is 0 Å². The van der Waals surface area contributed by atoms with E-state index in [9.17, 15) is 0 Å². The van der Waals surface area contributed by atoms with Gasteiger partial charge in [-0.25, -0.2) is 0 Å². The number of morpholine rings is 1. The van der Waals surface area contributed by atoms with Crippen molar-refractivity contribution in [3.63, 3.8) is 0 Å². The molecule has 1 aliphatic rings. The van der Waals surface area contributed by atoms with Gasteiger partial charge in [-0.05, 0) is 32.9 Å². The number of aliphatic hydroxyl groups is 1. The zero-order valence-corrected chi connectivity index (χ0v) is 9.74. The molecule has 2 N–H and O–H groups in total. The molecule has 1 unspecified atom stereocenters. The predicted molar refractivity (Wildman–Crippen MR) is 61.0 cm³/mol. The molecule has 1 rings (SSSR count). The van der Waals surface area contributed by atoms with Crippen LogP contribution in [0, 0.1) is 0 Å². The lowest BCUT2D eigenvalue weighted by molar-refractivity contribution is -0.0266. The molecule has 1 fully saturated rings. The fourth-order valence-electron chi connectivity index (χ4n) is 1.96. The van der Waals surface area contributed by atoms with Crippen LogP contribution in [-0.2, 0) is 4.74 Å². The molecule has 0 amide bonds. The van der Waals surface area contributed by atoms with Crippen LogP contribution in [0.5, 0.6) is 0 Å². The molecule has 1 aliphatic heterocycles. The fourth-order valence-corrected chi connectivity index (χ4v) is 1.96. The summed E-state index contributed by atoms with van der Waals surface area (Å²) in [5.74, 6) is 0. The minimum Gasteiger partial charge on any atom is -0.396 e. The van der Waals surface area contributed by atoms with Gasteiger partial charge in [0.05, 0.1) is 12.7 Å². The number of unbranched alkanes of at least 4 members (excludes halogenated alkanes) is 2. The summed E-state index contributed by atoms with van der Waals surface area (Å²) in [6.07, 6.45) is 3.60. The van der Waals surface area contributed by atoms with E-state index in [1.54, 1.807) is 0 Å². The van der Waals surface area contributed by atoms with Crippen molar-refractivity contribution in [3.8, 4) is 0 Å². The van der Waals surface area contributed by atoms with Gasteiger partial charge in [-0.15, -0.1) is 0 Å². The standard InChI is InChI=1S/C11H24N2O2/c1-12-9-11-10-13(6-8-15-11)5-3-2-4-7-14/h11-12,14H,2-10H2,1H3. The molecule has 1 heterocycles. The van der Waals surface area contributed by atoms with Gasteiger partial charge in [0.15, 0.2) is 0 Å². The predicted octanol–water partition coefficient (Wildman–Crippen LogP) is 0.0692. The molecule has 15 heavy (non-hydrogen) atoms. The highest BCUT2D eigenvalue weighted by atomic mass is 16.5. The molecule has 4 heteroatoms. The summed E-state index contributed by atoms with van der Waals surface area (Å²) in [6, 6.07) is 0. The van der Waals surface area contributed by atoms with Crippen molar-refractivity contribution in [1.82, 2.24) is 10.2 Å². The molecule has 0 radical (unpaired) electrons. The Bertz CT molecular complexity index is 154. The van der Waals surface area contributed by atoms with E-state index in [1.807, 2.05) is 7.05 Å². The van der Waals surface area contributed by atoms with Crippen LogP contribution in [0.25, 0.3) is 0 Å². The molecular weight excluding hydrogens is 192 g/mol. The average molecular weight is 216 g/mol. The largest absolute Gasteiger partial charge is 0.396 e. The minimum atomic E-state index is 0.325. The van der Waals surface area contributed by atoms with Crippen molar-refractivity contribution in [2.45, 2.75) is 25.4 Å². The molecule has 0 spiro atoms. The third-order valence-electron chi connectivity index (χ3n) is 2.79. The van der Waals surface area contributed by atoms with Gasteiger partial charge in [0.2, 0.25) is 0 Å². The molecule has 0 aromatic carbocycles. The van der Waals surface area contributed by atoms with Crippen molar-refractivity contribution < 1.29 is 9.84 Å². The highest BCUT2D eigenvalue weighted by molar-refractivity contribution is 4.72. The fraction of sp³-hybridized carbons (Fsp3) is 1.00. The maximum Gasteiger partial charge on any atom is 0.0826 e. The Kier molecular flexibility index (Phi) is 6.92. The smallest absolute Gasteiger partial charge is 0.0826 e. The first kappa shape index (κ1) is 12.9. The first-order chi connectivity index (χ1) is 7.36. The zero-order valence-electron chi connectivity index (χ0n) is 9.74. The first-order valence-electron chi connectivity index (χ1n) is 5.96. The molecule has 0 bridgehead atoms. The maximum absolute atomic E-state index is 8.67. The Morgan fingerprint density at radius 3 is 3.00 bits per heavy atom. The Hall–Kier alpha value is -0.160. The van der Waals surface area contributed by atoms with Crippen LogP contribution in [-0.4, -0.2) is 62.6 Å². The van der Waals surface area contributed by atoms with Crippen LogP contribution in [0.3, 0.4) is 0 Å². The average Bonchev–Trinajstić information content (AvgIpc) is 2.26. The highest BCUT2D eigenvalue weighted by Crippen LogP contribution is 2.06. The highest BCUT2D eigenvalue weighted by Gasteiger charge is 2.18. The molecule has 0 aliphatic carbocycles. The third-order valence-corrected chi connectivity index (χ3v) is 2.79. The molecule has 1 saturated heterocycles. The van der Waals surface area contributed by atoms with Crippen LogP contribution in [0.1, 0.15) is 19.3 Å². The Balaban J connectivity index is 2.07. The van der Waals surface area contributed by atoms with Gasteiger partial charge in [0, 0.05) is 26.2 Å².